The Labute approximate surface area is 116 Å². The number of pyridine rings is 1. The average molecular weight is 285 g/mol. The van der Waals surface area contributed by atoms with E-state index in [2.05, 4.69) is 4.98 Å². The lowest BCUT2D eigenvalue weighted by Crippen LogP contribution is -2.35. The van der Waals surface area contributed by atoms with Gasteiger partial charge in [-0.05, 0) is 37.7 Å². The van der Waals surface area contributed by atoms with Crippen molar-refractivity contribution in [2.75, 3.05) is 6.54 Å². The first-order chi connectivity index (χ1) is 8.65. The van der Waals surface area contributed by atoms with Crippen LogP contribution in [0, 0.1) is 5.92 Å². The van der Waals surface area contributed by atoms with Gasteiger partial charge in [-0.15, -0.1) is 0 Å². The molecule has 0 aromatic carbocycles. The van der Waals surface area contributed by atoms with E-state index in [9.17, 15) is 4.79 Å². The zero-order valence-corrected chi connectivity index (χ0v) is 11.4. The molecule has 96 valence electrons. The van der Waals surface area contributed by atoms with E-state index in [0.717, 1.165) is 19.4 Å². The van der Waals surface area contributed by atoms with Crippen LogP contribution in [-0.4, -0.2) is 28.4 Å². The number of nitrogens with zero attached hydrogens (tertiary/aromatic N) is 2. The third-order valence-electron chi connectivity index (χ3n) is 3.45. The first kappa shape index (κ1) is 12.2. The molecule has 2 aliphatic rings. The van der Waals surface area contributed by atoms with E-state index in [1.165, 1.54) is 19.0 Å². The molecule has 1 amide bonds. The molecule has 2 aliphatic carbocycles. The van der Waals surface area contributed by atoms with Gasteiger partial charge in [0.1, 0.15) is 5.15 Å². The summed E-state index contributed by atoms with van der Waals surface area (Å²) in [6.07, 6.45) is 6.13. The first-order valence-electron chi connectivity index (χ1n) is 6.27. The summed E-state index contributed by atoms with van der Waals surface area (Å²) in [6.45, 7) is 0.861. The SMILES string of the molecule is O=C(c1cc(Cl)ncc1Cl)N(CC1CC1)C1CC1. The Kier molecular flexibility index (Phi) is 3.20. The molecular formula is C13H14Cl2N2O. The van der Waals surface area contributed by atoms with Crippen molar-refractivity contribution in [2.45, 2.75) is 31.7 Å². The van der Waals surface area contributed by atoms with Crippen LogP contribution >= 0.6 is 23.2 Å². The van der Waals surface area contributed by atoms with E-state index in [1.54, 1.807) is 6.07 Å². The van der Waals surface area contributed by atoms with Gasteiger partial charge < -0.3 is 4.90 Å². The lowest BCUT2D eigenvalue weighted by molar-refractivity contribution is 0.0735. The summed E-state index contributed by atoms with van der Waals surface area (Å²) in [5.41, 5.74) is 0.476. The minimum Gasteiger partial charge on any atom is -0.335 e. The zero-order chi connectivity index (χ0) is 12.7. The van der Waals surface area contributed by atoms with E-state index in [1.807, 2.05) is 4.90 Å². The highest BCUT2D eigenvalue weighted by Crippen LogP contribution is 2.36. The molecule has 0 atom stereocenters. The molecule has 2 fully saturated rings. The fourth-order valence-electron chi connectivity index (χ4n) is 2.09. The third-order valence-corrected chi connectivity index (χ3v) is 3.96. The minimum atomic E-state index is -0.00120. The summed E-state index contributed by atoms with van der Waals surface area (Å²) in [5, 5.41) is 0.691. The molecule has 1 aromatic rings. The van der Waals surface area contributed by atoms with Gasteiger partial charge in [0.25, 0.3) is 5.91 Å². The number of halogens is 2. The molecule has 2 saturated carbocycles. The largest absolute Gasteiger partial charge is 0.335 e. The molecule has 3 nitrogen and oxygen atoms in total. The average Bonchev–Trinajstić information content (AvgIpc) is 3.21. The van der Waals surface area contributed by atoms with E-state index in [0.29, 0.717) is 27.7 Å². The van der Waals surface area contributed by atoms with Crippen molar-refractivity contribution in [1.82, 2.24) is 9.88 Å². The molecule has 1 heterocycles. The number of carbonyl (C=O) groups excluding carboxylic acids is 1. The van der Waals surface area contributed by atoms with Crippen molar-refractivity contribution in [3.8, 4) is 0 Å². The van der Waals surface area contributed by atoms with Crippen LogP contribution in [0.3, 0.4) is 0 Å². The van der Waals surface area contributed by atoms with Crippen molar-refractivity contribution in [3.05, 3.63) is 28.0 Å². The van der Waals surface area contributed by atoms with Crippen LogP contribution in [0.4, 0.5) is 0 Å². The summed E-state index contributed by atoms with van der Waals surface area (Å²) in [5.74, 6) is 0.685. The van der Waals surface area contributed by atoms with Gasteiger partial charge in [-0.1, -0.05) is 23.2 Å². The number of hydrogen-bond donors (Lipinski definition) is 0. The fraction of sp³-hybridized carbons (Fsp3) is 0.538. The predicted octanol–water partition coefficient (Wildman–Crippen LogP) is 3.40. The number of amides is 1. The molecule has 0 bridgehead atoms. The molecule has 0 N–H and O–H groups in total. The van der Waals surface area contributed by atoms with Gasteiger partial charge in [-0.2, -0.15) is 0 Å². The Hall–Kier alpha value is -0.800. The molecule has 1 aromatic heterocycles. The second kappa shape index (κ2) is 4.71. The van der Waals surface area contributed by atoms with E-state index in [4.69, 9.17) is 23.2 Å². The highest BCUT2D eigenvalue weighted by atomic mass is 35.5. The monoisotopic (exact) mass is 284 g/mol. The lowest BCUT2D eigenvalue weighted by Gasteiger charge is -2.22. The maximum absolute atomic E-state index is 12.5. The van der Waals surface area contributed by atoms with Gasteiger partial charge in [0.15, 0.2) is 0 Å². The molecule has 3 rings (SSSR count). The summed E-state index contributed by atoms with van der Waals surface area (Å²) < 4.78 is 0. The number of carbonyl (C=O) groups is 1. The normalized spacial score (nSPS) is 18.8. The number of rotatable bonds is 4. The molecular weight excluding hydrogens is 271 g/mol. The fourth-order valence-corrected chi connectivity index (χ4v) is 2.44. The third kappa shape index (κ3) is 2.62. The zero-order valence-electron chi connectivity index (χ0n) is 9.90. The van der Waals surface area contributed by atoms with Gasteiger partial charge in [0.05, 0.1) is 10.6 Å². The molecule has 0 radical (unpaired) electrons. The highest BCUT2D eigenvalue weighted by molar-refractivity contribution is 6.35. The molecule has 5 heteroatoms. The molecule has 0 unspecified atom stereocenters. The van der Waals surface area contributed by atoms with Crippen LogP contribution in [0.5, 0.6) is 0 Å². The van der Waals surface area contributed by atoms with Gasteiger partial charge in [-0.25, -0.2) is 4.98 Å². The standard InChI is InChI=1S/C13H14Cl2N2O/c14-11-6-16-12(15)5-10(11)13(18)17(9-3-4-9)7-8-1-2-8/h5-6,8-9H,1-4,7H2. The van der Waals surface area contributed by atoms with Crippen molar-refractivity contribution >= 4 is 29.1 Å². The first-order valence-corrected chi connectivity index (χ1v) is 7.03. The van der Waals surface area contributed by atoms with Gasteiger partial charge in [-0.3, -0.25) is 4.79 Å². The van der Waals surface area contributed by atoms with Gasteiger partial charge in [0, 0.05) is 18.8 Å². The summed E-state index contributed by atoms with van der Waals surface area (Å²) in [4.78, 5) is 18.4. The second-order valence-electron chi connectivity index (χ2n) is 5.12. The van der Waals surface area contributed by atoms with Crippen LogP contribution in [0.15, 0.2) is 12.3 Å². The van der Waals surface area contributed by atoms with E-state index >= 15 is 0 Å². The minimum absolute atomic E-state index is 0.00120. The van der Waals surface area contributed by atoms with Crippen LogP contribution < -0.4 is 0 Å². The van der Waals surface area contributed by atoms with E-state index < -0.39 is 0 Å². The molecule has 0 spiro atoms. The molecule has 18 heavy (non-hydrogen) atoms. The van der Waals surface area contributed by atoms with Crippen molar-refractivity contribution in [2.24, 2.45) is 5.92 Å². The van der Waals surface area contributed by atoms with Crippen LogP contribution in [0.1, 0.15) is 36.0 Å². The Balaban J connectivity index is 1.83. The lowest BCUT2D eigenvalue weighted by atomic mass is 10.2. The number of hydrogen-bond acceptors (Lipinski definition) is 2. The van der Waals surface area contributed by atoms with Crippen molar-refractivity contribution in [1.29, 1.82) is 0 Å². The summed E-state index contributed by atoms with van der Waals surface area (Å²) >= 11 is 11.9. The topological polar surface area (TPSA) is 33.2 Å². The summed E-state index contributed by atoms with van der Waals surface area (Å²) in [6, 6.07) is 1.97. The van der Waals surface area contributed by atoms with Crippen molar-refractivity contribution < 1.29 is 4.79 Å². The Bertz CT molecular complexity index is 484. The van der Waals surface area contributed by atoms with E-state index in [-0.39, 0.29) is 5.91 Å². The number of aromatic nitrogens is 1. The van der Waals surface area contributed by atoms with Crippen LogP contribution in [-0.2, 0) is 0 Å². The molecule has 0 aliphatic heterocycles. The maximum Gasteiger partial charge on any atom is 0.255 e. The van der Waals surface area contributed by atoms with Crippen molar-refractivity contribution in [3.63, 3.8) is 0 Å². The second-order valence-corrected chi connectivity index (χ2v) is 5.91. The smallest absolute Gasteiger partial charge is 0.255 e. The highest BCUT2D eigenvalue weighted by Gasteiger charge is 2.37. The predicted molar refractivity (Wildman–Crippen MR) is 71.0 cm³/mol. The Morgan fingerprint density at radius 3 is 2.67 bits per heavy atom. The Morgan fingerprint density at radius 1 is 1.33 bits per heavy atom. The van der Waals surface area contributed by atoms with Gasteiger partial charge >= 0.3 is 0 Å². The van der Waals surface area contributed by atoms with Gasteiger partial charge in [0.2, 0.25) is 0 Å². The van der Waals surface area contributed by atoms with Crippen LogP contribution in [0.25, 0.3) is 0 Å². The molecule has 0 saturated heterocycles. The van der Waals surface area contributed by atoms with Crippen LogP contribution in [0.2, 0.25) is 10.2 Å². The summed E-state index contributed by atoms with van der Waals surface area (Å²) in [7, 11) is 0. The Morgan fingerprint density at radius 2 is 2.06 bits per heavy atom. The quantitative estimate of drug-likeness (QED) is 0.794. The maximum atomic E-state index is 12.5.